The maximum absolute atomic E-state index is 5.41. The first-order valence-electron chi connectivity index (χ1n) is 4.64. The quantitative estimate of drug-likeness (QED) is 0.686. The van der Waals surface area contributed by atoms with Crippen molar-refractivity contribution in [3.05, 3.63) is 23.8 Å². The van der Waals surface area contributed by atoms with E-state index < -0.39 is 0 Å². The average molecular weight is 178 g/mol. The van der Waals surface area contributed by atoms with Crippen molar-refractivity contribution in [2.45, 2.75) is 25.4 Å². The number of hydrogen-bond donors (Lipinski definition) is 2. The summed E-state index contributed by atoms with van der Waals surface area (Å²) in [6, 6.07) is 0.451. The van der Waals surface area contributed by atoms with Crippen molar-refractivity contribution in [2.75, 3.05) is 6.54 Å². The number of nitrogens with one attached hydrogen (secondary N) is 1. The van der Waals surface area contributed by atoms with E-state index in [2.05, 4.69) is 15.3 Å². The van der Waals surface area contributed by atoms with Crippen molar-refractivity contribution in [2.24, 2.45) is 5.73 Å². The molecule has 1 aromatic heterocycles. The summed E-state index contributed by atoms with van der Waals surface area (Å²) in [6.45, 7) is 1.52. The number of hydrogen-bond acceptors (Lipinski definition) is 4. The molecule has 0 aliphatic carbocycles. The topological polar surface area (TPSA) is 63.8 Å². The number of rotatable bonds is 2. The summed E-state index contributed by atoms with van der Waals surface area (Å²) in [5.41, 5.74) is 6.59. The van der Waals surface area contributed by atoms with Crippen molar-refractivity contribution >= 4 is 0 Å². The third kappa shape index (κ3) is 1.84. The second-order valence-electron chi connectivity index (χ2n) is 3.29. The van der Waals surface area contributed by atoms with Gasteiger partial charge in [-0.1, -0.05) is 0 Å². The predicted octanol–water partition coefficient (Wildman–Crippen LogP) is 0.360. The minimum Gasteiger partial charge on any atom is -0.324 e. The van der Waals surface area contributed by atoms with Crippen LogP contribution in [0.4, 0.5) is 0 Å². The van der Waals surface area contributed by atoms with Gasteiger partial charge in [0.1, 0.15) is 5.82 Å². The summed E-state index contributed by atoms with van der Waals surface area (Å²) >= 11 is 0. The standard InChI is InChI=1S/C9H14N4/c10-4-9-12-5-7(6-13-9)8-2-1-3-11-8/h5-6,8,11H,1-4,10H2. The lowest BCUT2D eigenvalue weighted by Crippen LogP contribution is -2.14. The van der Waals surface area contributed by atoms with Gasteiger partial charge in [0.25, 0.3) is 0 Å². The van der Waals surface area contributed by atoms with Crippen LogP contribution in [0.3, 0.4) is 0 Å². The lowest BCUT2D eigenvalue weighted by Gasteiger charge is -2.09. The summed E-state index contributed by atoms with van der Waals surface area (Å²) < 4.78 is 0. The molecule has 1 aliphatic rings. The Bertz CT molecular complexity index is 263. The molecule has 0 saturated carbocycles. The molecule has 3 N–H and O–H groups in total. The Balaban J connectivity index is 2.12. The van der Waals surface area contributed by atoms with E-state index in [0.29, 0.717) is 18.4 Å². The van der Waals surface area contributed by atoms with Gasteiger partial charge in [-0.15, -0.1) is 0 Å². The zero-order valence-corrected chi connectivity index (χ0v) is 7.53. The van der Waals surface area contributed by atoms with Crippen molar-refractivity contribution in [1.29, 1.82) is 0 Å². The highest BCUT2D eigenvalue weighted by Gasteiger charge is 2.16. The van der Waals surface area contributed by atoms with E-state index in [-0.39, 0.29) is 0 Å². The molecule has 4 nitrogen and oxygen atoms in total. The average Bonchev–Trinajstić information content (AvgIpc) is 2.71. The molecule has 70 valence electrons. The number of aromatic nitrogens is 2. The monoisotopic (exact) mass is 178 g/mol. The molecular weight excluding hydrogens is 164 g/mol. The van der Waals surface area contributed by atoms with E-state index in [1.54, 1.807) is 0 Å². The zero-order chi connectivity index (χ0) is 9.10. The van der Waals surface area contributed by atoms with E-state index in [1.807, 2.05) is 12.4 Å². The van der Waals surface area contributed by atoms with Crippen molar-refractivity contribution in [1.82, 2.24) is 15.3 Å². The molecule has 0 radical (unpaired) electrons. The smallest absolute Gasteiger partial charge is 0.141 e. The van der Waals surface area contributed by atoms with Crippen LogP contribution in [0.15, 0.2) is 12.4 Å². The van der Waals surface area contributed by atoms with Crippen LogP contribution < -0.4 is 11.1 Å². The van der Waals surface area contributed by atoms with Gasteiger partial charge in [-0.2, -0.15) is 0 Å². The van der Waals surface area contributed by atoms with Gasteiger partial charge in [0.2, 0.25) is 0 Å². The largest absolute Gasteiger partial charge is 0.324 e. The van der Waals surface area contributed by atoms with Gasteiger partial charge in [-0.3, -0.25) is 0 Å². The normalized spacial score (nSPS) is 22.1. The van der Waals surface area contributed by atoms with Gasteiger partial charge in [-0.25, -0.2) is 9.97 Å². The Morgan fingerprint density at radius 3 is 2.77 bits per heavy atom. The number of nitrogens with zero attached hydrogens (tertiary/aromatic N) is 2. The Kier molecular flexibility index (Phi) is 2.52. The molecule has 1 fully saturated rings. The first-order chi connectivity index (χ1) is 6.40. The molecule has 0 bridgehead atoms. The Morgan fingerprint density at radius 2 is 2.23 bits per heavy atom. The first-order valence-corrected chi connectivity index (χ1v) is 4.64. The fourth-order valence-corrected chi connectivity index (χ4v) is 1.62. The van der Waals surface area contributed by atoms with Crippen LogP contribution in [-0.4, -0.2) is 16.5 Å². The highest BCUT2D eigenvalue weighted by atomic mass is 15.0. The molecule has 0 amide bonds. The summed E-state index contributed by atoms with van der Waals surface area (Å²) in [6.07, 6.45) is 6.17. The van der Waals surface area contributed by atoms with Gasteiger partial charge in [-0.05, 0) is 19.4 Å². The second kappa shape index (κ2) is 3.81. The van der Waals surface area contributed by atoms with Gasteiger partial charge in [0.15, 0.2) is 0 Å². The van der Waals surface area contributed by atoms with E-state index in [1.165, 1.54) is 18.4 Å². The Morgan fingerprint density at radius 1 is 1.46 bits per heavy atom. The molecule has 0 spiro atoms. The third-order valence-electron chi connectivity index (χ3n) is 2.37. The molecular formula is C9H14N4. The van der Waals surface area contributed by atoms with E-state index in [0.717, 1.165) is 6.54 Å². The fourth-order valence-electron chi connectivity index (χ4n) is 1.62. The molecule has 1 unspecified atom stereocenters. The van der Waals surface area contributed by atoms with Crippen LogP contribution >= 0.6 is 0 Å². The Hall–Kier alpha value is -1.00. The first kappa shape index (κ1) is 8.59. The SMILES string of the molecule is NCc1ncc(C2CCCN2)cn1. The van der Waals surface area contributed by atoms with Crippen LogP contribution in [0.5, 0.6) is 0 Å². The van der Waals surface area contributed by atoms with Crippen LogP contribution in [0.1, 0.15) is 30.3 Å². The summed E-state index contributed by atoms with van der Waals surface area (Å²) in [4.78, 5) is 8.33. The summed E-state index contributed by atoms with van der Waals surface area (Å²) in [5.74, 6) is 0.710. The second-order valence-corrected chi connectivity index (χ2v) is 3.29. The molecule has 1 aliphatic heterocycles. The van der Waals surface area contributed by atoms with Gasteiger partial charge in [0.05, 0.1) is 6.54 Å². The minimum absolute atomic E-state index is 0.415. The van der Waals surface area contributed by atoms with E-state index in [9.17, 15) is 0 Å². The molecule has 2 rings (SSSR count). The molecule has 1 aromatic rings. The molecule has 2 heterocycles. The number of nitrogens with two attached hydrogens (primary N) is 1. The molecule has 4 heteroatoms. The van der Waals surface area contributed by atoms with E-state index >= 15 is 0 Å². The van der Waals surface area contributed by atoms with Crippen LogP contribution in [0, 0.1) is 0 Å². The fraction of sp³-hybridized carbons (Fsp3) is 0.556. The molecule has 13 heavy (non-hydrogen) atoms. The third-order valence-corrected chi connectivity index (χ3v) is 2.37. The van der Waals surface area contributed by atoms with Gasteiger partial charge < -0.3 is 11.1 Å². The molecule has 1 saturated heterocycles. The lowest BCUT2D eigenvalue weighted by molar-refractivity contribution is 0.639. The zero-order valence-electron chi connectivity index (χ0n) is 7.53. The van der Waals surface area contributed by atoms with Crippen LogP contribution in [-0.2, 0) is 6.54 Å². The maximum atomic E-state index is 5.41. The summed E-state index contributed by atoms with van der Waals surface area (Å²) in [5, 5.41) is 3.40. The van der Waals surface area contributed by atoms with Crippen LogP contribution in [0.25, 0.3) is 0 Å². The van der Waals surface area contributed by atoms with Crippen LogP contribution in [0.2, 0.25) is 0 Å². The predicted molar refractivity (Wildman–Crippen MR) is 49.9 cm³/mol. The minimum atomic E-state index is 0.415. The van der Waals surface area contributed by atoms with Crippen molar-refractivity contribution < 1.29 is 0 Å². The lowest BCUT2D eigenvalue weighted by atomic mass is 10.1. The van der Waals surface area contributed by atoms with Gasteiger partial charge in [0, 0.05) is 24.0 Å². The van der Waals surface area contributed by atoms with Crippen molar-refractivity contribution in [3.63, 3.8) is 0 Å². The van der Waals surface area contributed by atoms with E-state index in [4.69, 9.17) is 5.73 Å². The maximum Gasteiger partial charge on any atom is 0.141 e. The van der Waals surface area contributed by atoms with Crippen molar-refractivity contribution in [3.8, 4) is 0 Å². The summed E-state index contributed by atoms with van der Waals surface area (Å²) in [7, 11) is 0. The molecule has 0 aromatic carbocycles. The Labute approximate surface area is 77.6 Å². The highest BCUT2D eigenvalue weighted by Crippen LogP contribution is 2.21. The highest BCUT2D eigenvalue weighted by molar-refractivity contribution is 5.12. The molecule has 1 atom stereocenters. The van der Waals surface area contributed by atoms with Gasteiger partial charge >= 0.3 is 0 Å².